The molecule has 84 valence electrons. The minimum absolute atomic E-state index is 0.609. The molecule has 0 aliphatic carbocycles. The zero-order valence-corrected chi connectivity index (χ0v) is 9.65. The highest BCUT2D eigenvalue weighted by Crippen LogP contribution is 2.26. The SMILES string of the molecule is CCOc1cccc(-c2c(C)noc2C)n1. The van der Waals surface area contributed by atoms with E-state index >= 15 is 0 Å². The summed E-state index contributed by atoms with van der Waals surface area (Å²) in [7, 11) is 0. The van der Waals surface area contributed by atoms with E-state index in [2.05, 4.69) is 10.1 Å². The number of hydrogen-bond donors (Lipinski definition) is 0. The summed E-state index contributed by atoms with van der Waals surface area (Å²) in [4.78, 5) is 4.40. The van der Waals surface area contributed by atoms with Gasteiger partial charge in [0.05, 0.1) is 23.6 Å². The highest BCUT2D eigenvalue weighted by Gasteiger charge is 2.12. The minimum Gasteiger partial charge on any atom is -0.478 e. The molecule has 0 amide bonds. The maximum absolute atomic E-state index is 5.36. The van der Waals surface area contributed by atoms with E-state index in [1.165, 1.54) is 0 Å². The Balaban J connectivity index is 2.44. The molecule has 4 heteroatoms. The molecule has 0 aliphatic rings. The van der Waals surface area contributed by atoms with Crippen LogP contribution in [-0.4, -0.2) is 16.7 Å². The summed E-state index contributed by atoms with van der Waals surface area (Å²) in [5, 5.41) is 3.91. The lowest BCUT2D eigenvalue weighted by molar-refractivity contribution is 0.327. The fraction of sp³-hybridized carbons (Fsp3) is 0.333. The number of nitrogens with zero attached hydrogens (tertiary/aromatic N) is 2. The molecule has 0 radical (unpaired) electrons. The van der Waals surface area contributed by atoms with Crippen molar-refractivity contribution in [1.29, 1.82) is 0 Å². The van der Waals surface area contributed by atoms with Crippen molar-refractivity contribution in [3.8, 4) is 17.1 Å². The third kappa shape index (κ3) is 1.91. The van der Waals surface area contributed by atoms with Crippen LogP contribution in [0.2, 0.25) is 0 Å². The number of aryl methyl sites for hydroxylation is 2. The first-order valence-corrected chi connectivity index (χ1v) is 5.25. The van der Waals surface area contributed by atoms with Crippen molar-refractivity contribution in [1.82, 2.24) is 10.1 Å². The fourth-order valence-electron chi connectivity index (χ4n) is 1.63. The lowest BCUT2D eigenvalue weighted by Gasteiger charge is -2.04. The van der Waals surface area contributed by atoms with Gasteiger partial charge >= 0.3 is 0 Å². The zero-order chi connectivity index (χ0) is 11.5. The Kier molecular flexibility index (Phi) is 2.90. The largest absolute Gasteiger partial charge is 0.478 e. The van der Waals surface area contributed by atoms with Gasteiger partial charge in [0.15, 0.2) is 0 Å². The van der Waals surface area contributed by atoms with Crippen molar-refractivity contribution in [2.75, 3.05) is 6.61 Å². The second kappa shape index (κ2) is 4.35. The Labute approximate surface area is 94.2 Å². The van der Waals surface area contributed by atoms with E-state index in [1.807, 2.05) is 39.0 Å². The molecule has 0 aromatic carbocycles. The summed E-state index contributed by atoms with van der Waals surface area (Å²) in [6.45, 7) is 6.33. The topological polar surface area (TPSA) is 48.2 Å². The van der Waals surface area contributed by atoms with E-state index < -0.39 is 0 Å². The Morgan fingerprint density at radius 1 is 1.31 bits per heavy atom. The van der Waals surface area contributed by atoms with E-state index in [0.29, 0.717) is 12.5 Å². The van der Waals surface area contributed by atoms with Gasteiger partial charge in [-0.3, -0.25) is 0 Å². The first kappa shape index (κ1) is 10.7. The summed E-state index contributed by atoms with van der Waals surface area (Å²) in [6, 6.07) is 5.68. The van der Waals surface area contributed by atoms with E-state index in [9.17, 15) is 0 Å². The monoisotopic (exact) mass is 218 g/mol. The van der Waals surface area contributed by atoms with Gasteiger partial charge < -0.3 is 9.26 Å². The molecule has 0 aliphatic heterocycles. The first-order chi connectivity index (χ1) is 7.72. The van der Waals surface area contributed by atoms with Crippen LogP contribution in [0.15, 0.2) is 22.7 Å². The molecule has 0 saturated carbocycles. The normalized spacial score (nSPS) is 10.4. The van der Waals surface area contributed by atoms with Gasteiger partial charge in [-0.2, -0.15) is 0 Å². The molecule has 0 spiro atoms. The molecule has 0 saturated heterocycles. The molecular weight excluding hydrogens is 204 g/mol. The smallest absolute Gasteiger partial charge is 0.213 e. The van der Waals surface area contributed by atoms with Gasteiger partial charge in [-0.1, -0.05) is 11.2 Å². The van der Waals surface area contributed by atoms with Gasteiger partial charge in [0.25, 0.3) is 0 Å². The number of pyridine rings is 1. The Hall–Kier alpha value is -1.84. The molecule has 0 fully saturated rings. The zero-order valence-electron chi connectivity index (χ0n) is 9.65. The maximum Gasteiger partial charge on any atom is 0.213 e. The molecule has 0 bridgehead atoms. The van der Waals surface area contributed by atoms with Crippen molar-refractivity contribution in [3.05, 3.63) is 29.7 Å². The van der Waals surface area contributed by atoms with Crippen LogP contribution in [0, 0.1) is 13.8 Å². The van der Waals surface area contributed by atoms with Crippen LogP contribution in [0.4, 0.5) is 0 Å². The average Bonchev–Trinajstić information content (AvgIpc) is 2.59. The molecule has 0 N–H and O–H groups in total. The van der Waals surface area contributed by atoms with Gasteiger partial charge in [0, 0.05) is 6.07 Å². The summed E-state index contributed by atoms with van der Waals surface area (Å²) >= 11 is 0. The third-order valence-corrected chi connectivity index (χ3v) is 2.31. The van der Waals surface area contributed by atoms with Gasteiger partial charge in [-0.25, -0.2) is 4.98 Å². The molecule has 2 aromatic rings. The summed E-state index contributed by atoms with van der Waals surface area (Å²) in [5.41, 5.74) is 2.63. The number of aromatic nitrogens is 2. The molecule has 4 nitrogen and oxygen atoms in total. The molecule has 2 rings (SSSR count). The highest BCUT2D eigenvalue weighted by atomic mass is 16.5. The van der Waals surface area contributed by atoms with Gasteiger partial charge in [-0.15, -0.1) is 0 Å². The Bertz CT molecular complexity index is 472. The van der Waals surface area contributed by atoms with E-state index in [-0.39, 0.29) is 0 Å². The predicted molar refractivity (Wildman–Crippen MR) is 60.4 cm³/mol. The molecule has 16 heavy (non-hydrogen) atoms. The Morgan fingerprint density at radius 2 is 2.12 bits per heavy atom. The van der Waals surface area contributed by atoms with E-state index in [1.54, 1.807) is 0 Å². The van der Waals surface area contributed by atoms with Crippen LogP contribution < -0.4 is 4.74 Å². The van der Waals surface area contributed by atoms with Gasteiger partial charge in [-0.05, 0) is 26.8 Å². The summed E-state index contributed by atoms with van der Waals surface area (Å²) < 4.78 is 10.5. The van der Waals surface area contributed by atoms with Crippen molar-refractivity contribution < 1.29 is 9.26 Å². The van der Waals surface area contributed by atoms with Crippen LogP contribution in [0.25, 0.3) is 11.3 Å². The van der Waals surface area contributed by atoms with Crippen LogP contribution >= 0.6 is 0 Å². The third-order valence-electron chi connectivity index (χ3n) is 2.31. The van der Waals surface area contributed by atoms with Crippen molar-refractivity contribution in [2.24, 2.45) is 0 Å². The summed E-state index contributed by atoms with van der Waals surface area (Å²) in [6.07, 6.45) is 0. The molecule has 0 atom stereocenters. The van der Waals surface area contributed by atoms with Gasteiger partial charge in [0.1, 0.15) is 5.76 Å². The second-order valence-electron chi connectivity index (χ2n) is 3.49. The average molecular weight is 218 g/mol. The molecule has 2 heterocycles. The standard InChI is InChI=1S/C12H14N2O2/c1-4-15-11-7-5-6-10(13-11)12-8(2)14-16-9(12)3/h5-7H,4H2,1-3H3. The van der Waals surface area contributed by atoms with Crippen molar-refractivity contribution in [3.63, 3.8) is 0 Å². The Morgan fingerprint density at radius 3 is 2.75 bits per heavy atom. The van der Waals surface area contributed by atoms with Crippen LogP contribution in [0.3, 0.4) is 0 Å². The summed E-state index contributed by atoms with van der Waals surface area (Å²) in [5.74, 6) is 1.40. The van der Waals surface area contributed by atoms with Crippen molar-refractivity contribution >= 4 is 0 Å². The highest BCUT2D eigenvalue weighted by molar-refractivity contribution is 5.63. The van der Waals surface area contributed by atoms with Crippen LogP contribution in [-0.2, 0) is 0 Å². The van der Waals surface area contributed by atoms with Crippen LogP contribution in [0.5, 0.6) is 5.88 Å². The lowest BCUT2D eigenvalue weighted by Crippen LogP contribution is -1.95. The quantitative estimate of drug-likeness (QED) is 0.794. The fourth-order valence-corrected chi connectivity index (χ4v) is 1.63. The van der Waals surface area contributed by atoms with Crippen LogP contribution in [0.1, 0.15) is 18.4 Å². The maximum atomic E-state index is 5.36. The van der Waals surface area contributed by atoms with E-state index in [0.717, 1.165) is 22.7 Å². The lowest BCUT2D eigenvalue weighted by atomic mass is 10.1. The number of ether oxygens (including phenoxy) is 1. The molecule has 2 aromatic heterocycles. The van der Waals surface area contributed by atoms with E-state index in [4.69, 9.17) is 9.26 Å². The first-order valence-electron chi connectivity index (χ1n) is 5.25. The predicted octanol–water partition coefficient (Wildman–Crippen LogP) is 2.75. The van der Waals surface area contributed by atoms with Gasteiger partial charge in [0.2, 0.25) is 5.88 Å². The molecule has 0 unspecified atom stereocenters. The van der Waals surface area contributed by atoms with Crippen molar-refractivity contribution in [2.45, 2.75) is 20.8 Å². The second-order valence-corrected chi connectivity index (χ2v) is 3.49. The minimum atomic E-state index is 0.609. The number of rotatable bonds is 3. The molecular formula is C12H14N2O2. The number of hydrogen-bond acceptors (Lipinski definition) is 4.